The van der Waals surface area contributed by atoms with Crippen LogP contribution in [0.2, 0.25) is 0 Å². The number of aliphatic hydroxyl groups is 2. The second-order valence-electron chi connectivity index (χ2n) is 4.49. The normalized spacial score (nSPS) is 11.3. The predicted octanol–water partition coefficient (Wildman–Crippen LogP) is 1.93. The van der Waals surface area contributed by atoms with Crippen LogP contribution in [0.1, 0.15) is 44.9 Å². The van der Waals surface area contributed by atoms with Crippen molar-refractivity contribution in [1.82, 2.24) is 4.90 Å². The molecule has 0 aliphatic rings. The fourth-order valence-electron chi connectivity index (χ4n) is 1.95. The maximum atomic E-state index is 8.86. The third-order valence-corrected chi connectivity index (χ3v) is 3.28. The van der Waals surface area contributed by atoms with Crippen LogP contribution in [0, 0.1) is 0 Å². The minimum absolute atomic E-state index is 0.184. The van der Waals surface area contributed by atoms with Gasteiger partial charge >= 0.3 is 0 Å². The molecule has 0 aliphatic carbocycles. The zero-order valence-corrected chi connectivity index (χ0v) is 11.9. The van der Waals surface area contributed by atoms with E-state index in [1.54, 1.807) is 0 Å². The topological polar surface area (TPSA) is 43.7 Å². The molecule has 17 heavy (non-hydrogen) atoms. The van der Waals surface area contributed by atoms with Crippen LogP contribution >= 0.6 is 12.6 Å². The minimum atomic E-state index is 0.184. The first-order chi connectivity index (χ1) is 8.35. The zero-order chi connectivity index (χ0) is 12.8. The largest absolute Gasteiger partial charge is 0.395 e. The van der Waals surface area contributed by atoms with E-state index >= 15 is 0 Å². The smallest absolute Gasteiger partial charge is 0.0558 e. The van der Waals surface area contributed by atoms with Gasteiger partial charge in [0.05, 0.1) is 13.2 Å². The van der Waals surface area contributed by atoms with Gasteiger partial charge in [-0.3, -0.25) is 4.90 Å². The first-order valence-corrected chi connectivity index (χ1v) is 7.53. The number of rotatable bonds is 13. The molecule has 0 amide bonds. The molecule has 3 nitrogen and oxygen atoms in total. The van der Waals surface area contributed by atoms with Gasteiger partial charge in [-0.2, -0.15) is 12.6 Å². The highest BCUT2D eigenvalue weighted by Gasteiger charge is 2.02. The Kier molecular flexibility index (Phi) is 14.5. The molecule has 104 valence electrons. The summed E-state index contributed by atoms with van der Waals surface area (Å²) in [5, 5.41) is 17.7. The summed E-state index contributed by atoms with van der Waals surface area (Å²) in [5.74, 6) is 1.01. The van der Waals surface area contributed by atoms with Crippen molar-refractivity contribution >= 4 is 12.6 Å². The first-order valence-electron chi connectivity index (χ1n) is 6.90. The molecule has 0 bridgehead atoms. The quantitative estimate of drug-likeness (QED) is 0.351. The molecule has 0 atom stereocenters. The van der Waals surface area contributed by atoms with Gasteiger partial charge in [0.25, 0.3) is 0 Å². The van der Waals surface area contributed by atoms with Crippen LogP contribution in [0.4, 0.5) is 0 Å². The molecule has 0 fully saturated rings. The second kappa shape index (κ2) is 14.3. The van der Waals surface area contributed by atoms with Crippen molar-refractivity contribution in [1.29, 1.82) is 0 Å². The van der Waals surface area contributed by atoms with Crippen molar-refractivity contribution < 1.29 is 10.2 Å². The van der Waals surface area contributed by atoms with E-state index in [-0.39, 0.29) is 13.2 Å². The Balaban J connectivity index is 3.23. The Bertz CT molecular complexity index is 141. The van der Waals surface area contributed by atoms with E-state index in [0.29, 0.717) is 13.1 Å². The number of nitrogens with zero attached hydrogens (tertiary/aromatic N) is 1. The SMILES string of the molecule is OCCN(CCO)CCCCCCCCCS. The number of unbranched alkanes of at least 4 members (excludes halogenated alkanes) is 6. The van der Waals surface area contributed by atoms with E-state index < -0.39 is 0 Å². The Labute approximate surface area is 112 Å². The molecule has 0 aromatic carbocycles. The van der Waals surface area contributed by atoms with E-state index in [9.17, 15) is 0 Å². The van der Waals surface area contributed by atoms with Crippen molar-refractivity contribution in [3.05, 3.63) is 0 Å². The van der Waals surface area contributed by atoms with Crippen LogP contribution < -0.4 is 0 Å². The van der Waals surface area contributed by atoms with Crippen LogP contribution in [-0.4, -0.2) is 53.7 Å². The van der Waals surface area contributed by atoms with Gasteiger partial charge in [-0.1, -0.05) is 32.1 Å². The fraction of sp³-hybridized carbons (Fsp3) is 1.00. The van der Waals surface area contributed by atoms with E-state index in [1.807, 2.05) is 0 Å². The zero-order valence-electron chi connectivity index (χ0n) is 11.0. The molecule has 0 saturated carbocycles. The third-order valence-electron chi connectivity index (χ3n) is 2.96. The molecule has 4 heteroatoms. The molecule has 0 radical (unpaired) electrons. The van der Waals surface area contributed by atoms with E-state index in [4.69, 9.17) is 10.2 Å². The molecule has 0 saturated heterocycles. The molecular weight excluding hydrogens is 234 g/mol. The monoisotopic (exact) mass is 263 g/mol. The number of hydrogen-bond acceptors (Lipinski definition) is 4. The number of aliphatic hydroxyl groups excluding tert-OH is 2. The summed E-state index contributed by atoms with van der Waals surface area (Å²) in [4.78, 5) is 2.13. The molecule has 0 spiro atoms. The molecular formula is C13H29NO2S. The lowest BCUT2D eigenvalue weighted by Crippen LogP contribution is -2.30. The Morgan fingerprint density at radius 1 is 0.647 bits per heavy atom. The van der Waals surface area contributed by atoms with Crippen LogP contribution in [-0.2, 0) is 0 Å². The summed E-state index contributed by atoms with van der Waals surface area (Å²) in [6.07, 6.45) is 8.94. The average Bonchev–Trinajstić information content (AvgIpc) is 2.33. The molecule has 0 aromatic heterocycles. The third kappa shape index (κ3) is 12.5. The minimum Gasteiger partial charge on any atom is -0.395 e. The first kappa shape index (κ1) is 17.2. The van der Waals surface area contributed by atoms with Crippen molar-refractivity contribution in [2.75, 3.05) is 38.6 Å². The van der Waals surface area contributed by atoms with Gasteiger partial charge in [0.2, 0.25) is 0 Å². The predicted molar refractivity (Wildman–Crippen MR) is 76.8 cm³/mol. The molecule has 0 unspecified atom stereocenters. The van der Waals surface area contributed by atoms with Crippen molar-refractivity contribution in [2.24, 2.45) is 0 Å². The highest BCUT2D eigenvalue weighted by Crippen LogP contribution is 2.08. The summed E-state index contributed by atoms with van der Waals surface area (Å²) in [7, 11) is 0. The van der Waals surface area contributed by atoms with Crippen LogP contribution in [0.15, 0.2) is 0 Å². The summed E-state index contributed by atoms with van der Waals surface area (Å²) in [5.41, 5.74) is 0. The highest BCUT2D eigenvalue weighted by molar-refractivity contribution is 7.80. The summed E-state index contributed by atoms with van der Waals surface area (Å²) in [6, 6.07) is 0. The summed E-state index contributed by atoms with van der Waals surface area (Å²) in [6.45, 7) is 2.73. The van der Waals surface area contributed by atoms with Crippen molar-refractivity contribution in [3.63, 3.8) is 0 Å². The number of hydrogen-bond donors (Lipinski definition) is 3. The molecule has 0 aliphatic heterocycles. The lowest BCUT2D eigenvalue weighted by Gasteiger charge is -2.19. The van der Waals surface area contributed by atoms with E-state index in [2.05, 4.69) is 17.5 Å². The van der Waals surface area contributed by atoms with Gasteiger partial charge < -0.3 is 10.2 Å². The summed E-state index contributed by atoms with van der Waals surface area (Å²) < 4.78 is 0. The highest BCUT2D eigenvalue weighted by atomic mass is 32.1. The van der Waals surface area contributed by atoms with Crippen LogP contribution in [0.25, 0.3) is 0 Å². The van der Waals surface area contributed by atoms with Crippen LogP contribution in [0.5, 0.6) is 0 Å². The molecule has 0 aromatic rings. The Morgan fingerprint density at radius 2 is 1.12 bits per heavy atom. The Hall–Kier alpha value is 0.230. The lowest BCUT2D eigenvalue weighted by molar-refractivity contribution is 0.159. The van der Waals surface area contributed by atoms with Crippen molar-refractivity contribution in [3.8, 4) is 0 Å². The van der Waals surface area contributed by atoms with Gasteiger partial charge in [0, 0.05) is 13.1 Å². The Morgan fingerprint density at radius 3 is 1.59 bits per heavy atom. The van der Waals surface area contributed by atoms with Gasteiger partial charge in [-0.05, 0) is 25.1 Å². The average molecular weight is 263 g/mol. The molecule has 2 N–H and O–H groups in total. The fourth-order valence-corrected chi connectivity index (χ4v) is 2.17. The lowest BCUT2D eigenvalue weighted by atomic mass is 10.1. The summed E-state index contributed by atoms with van der Waals surface area (Å²) >= 11 is 4.20. The number of thiol groups is 1. The van der Waals surface area contributed by atoms with E-state index in [0.717, 1.165) is 12.3 Å². The van der Waals surface area contributed by atoms with Gasteiger partial charge in [0.15, 0.2) is 0 Å². The van der Waals surface area contributed by atoms with Gasteiger partial charge in [0.1, 0.15) is 0 Å². The van der Waals surface area contributed by atoms with Gasteiger partial charge in [-0.15, -0.1) is 0 Å². The maximum Gasteiger partial charge on any atom is 0.0558 e. The maximum absolute atomic E-state index is 8.86. The molecule has 0 rings (SSSR count). The van der Waals surface area contributed by atoms with E-state index in [1.165, 1.54) is 44.9 Å². The standard InChI is InChI=1S/C13H29NO2S/c15-11-9-14(10-12-16)8-6-4-2-1-3-5-7-13-17/h15-17H,1-13H2. The molecule has 0 heterocycles. The second-order valence-corrected chi connectivity index (χ2v) is 4.93. The van der Waals surface area contributed by atoms with Gasteiger partial charge in [-0.25, -0.2) is 0 Å². The van der Waals surface area contributed by atoms with Crippen molar-refractivity contribution in [2.45, 2.75) is 44.9 Å². The van der Waals surface area contributed by atoms with Crippen LogP contribution in [0.3, 0.4) is 0 Å².